The van der Waals surface area contributed by atoms with Crippen LogP contribution >= 0.6 is 11.6 Å². The Balaban J connectivity index is 1.82. The Labute approximate surface area is 250 Å². The Hall–Kier alpha value is -3.18. The Morgan fingerprint density at radius 1 is 1.14 bits per heavy atom. The lowest BCUT2D eigenvalue weighted by molar-refractivity contribution is -0.164. The molecule has 0 aliphatic carbocycles. The number of quaternary nitrogens is 1. The monoisotopic (exact) mass is 601 g/mol. The molecular weight excluding hydrogens is 564 g/mol. The van der Waals surface area contributed by atoms with Gasteiger partial charge in [-0.25, -0.2) is 9.28 Å². The number of Topliss-reactive ketones (excluding diaryl/α,β-unsaturated/α-hetero) is 1. The van der Waals surface area contributed by atoms with Gasteiger partial charge in [0.1, 0.15) is 31.0 Å². The number of carbonyl (C=O) groups is 3. The summed E-state index contributed by atoms with van der Waals surface area (Å²) in [5.74, 6) is -0.680. The van der Waals surface area contributed by atoms with Crippen molar-refractivity contribution < 1.29 is 38.4 Å². The molecule has 42 heavy (non-hydrogen) atoms. The molecule has 10 nitrogen and oxygen atoms in total. The first-order chi connectivity index (χ1) is 19.9. The number of hydrogen-bond acceptors (Lipinski definition) is 8. The maximum atomic E-state index is 14.7. The molecule has 1 amide bonds. The first-order valence-electron chi connectivity index (χ1n) is 14.1. The van der Waals surface area contributed by atoms with Crippen LogP contribution in [0.2, 0.25) is 5.02 Å². The standard InChI is InChI=1S/C31H37ClN2O8/c1-18(35)31(29(37)38)16-33-11-10-24(31)34(17-30(2,3)4)22-8-6-19(32)14-21(22)26(42-15-25(34)36)20-7-9-23(39-5)28-27(20)40-12-13-41-28/h6-9,14,24,26,33H,10-13,15-17H2,1-5H3/p+1/t24-,26?,31+,34?/m1/s1. The number of amides is 1. The number of ether oxygens (including phenoxy) is 4. The van der Waals surface area contributed by atoms with E-state index in [2.05, 4.69) is 5.32 Å². The molecule has 11 heteroatoms. The minimum atomic E-state index is -1.84. The normalized spacial score (nSPS) is 27.5. The highest BCUT2D eigenvalue weighted by Gasteiger charge is 2.65. The van der Waals surface area contributed by atoms with Crippen LogP contribution in [0.15, 0.2) is 30.3 Å². The predicted molar refractivity (Wildman–Crippen MR) is 156 cm³/mol. The summed E-state index contributed by atoms with van der Waals surface area (Å²) >= 11 is 6.60. The second kappa shape index (κ2) is 11.1. The number of piperidine rings is 1. The third-order valence-electron chi connectivity index (χ3n) is 8.54. The highest BCUT2D eigenvalue weighted by atomic mass is 35.5. The number of nitrogens with one attached hydrogen (secondary N) is 1. The molecule has 3 aliphatic heterocycles. The number of rotatable bonds is 6. The molecular formula is C31H38ClN2O8+. The van der Waals surface area contributed by atoms with Gasteiger partial charge >= 0.3 is 11.9 Å². The summed E-state index contributed by atoms with van der Waals surface area (Å²) in [5.41, 5.74) is -0.512. The van der Waals surface area contributed by atoms with E-state index in [1.807, 2.05) is 26.8 Å². The van der Waals surface area contributed by atoms with Crippen molar-refractivity contribution >= 4 is 34.9 Å². The Morgan fingerprint density at radius 2 is 1.86 bits per heavy atom. The largest absolute Gasteiger partial charge is 0.493 e. The summed E-state index contributed by atoms with van der Waals surface area (Å²) in [6, 6.07) is 7.92. The van der Waals surface area contributed by atoms with Gasteiger partial charge in [-0.2, -0.15) is 0 Å². The van der Waals surface area contributed by atoms with E-state index in [-0.39, 0.29) is 36.5 Å². The van der Waals surface area contributed by atoms with Crippen LogP contribution < -0.4 is 24.0 Å². The summed E-state index contributed by atoms with van der Waals surface area (Å²) < 4.78 is 23.5. The van der Waals surface area contributed by atoms with E-state index in [0.29, 0.717) is 58.8 Å². The minimum Gasteiger partial charge on any atom is -0.493 e. The molecule has 1 saturated heterocycles. The fraction of sp³-hybridized carbons (Fsp3) is 0.516. The molecule has 3 aliphatic rings. The third kappa shape index (κ3) is 4.84. The number of nitrogens with zero attached hydrogens (tertiary/aromatic N) is 1. The van der Waals surface area contributed by atoms with Gasteiger partial charge in [-0.3, -0.25) is 9.59 Å². The van der Waals surface area contributed by atoms with Crippen LogP contribution in [0.4, 0.5) is 5.69 Å². The molecule has 0 aromatic heterocycles. The zero-order chi connectivity index (χ0) is 30.4. The average Bonchev–Trinajstić information content (AvgIpc) is 3.05. The van der Waals surface area contributed by atoms with E-state index in [0.717, 1.165) is 0 Å². The second-order valence-electron chi connectivity index (χ2n) is 12.4. The van der Waals surface area contributed by atoms with Crippen molar-refractivity contribution in [1.29, 1.82) is 0 Å². The number of carbonyl (C=O) groups excluding carboxylic acids is 2. The highest BCUT2D eigenvalue weighted by molar-refractivity contribution is 6.30. The fourth-order valence-corrected chi connectivity index (χ4v) is 7.12. The molecule has 0 bridgehead atoms. The zero-order valence-electron chi connectivity index (χ0n) is 24.6. The first kappa shape index (κ1) is 30.3. The number of methoxy groups -OCH3 is 1. The van der Waals surface area contributed by atoms with Gasteiger partial charge in [-0.15, -0.1) is 0 Å². The van der Waals surface area contributed by atoms with E-state index in [4.69, 9.17) is 30.5 Å². The van der Waals surface area contributed by atoms with Crippen LogP contribution in [-0.4, -0.2) is 75.4 Å². The SMILES string of the molecule is COc1ccc(C2OCC(=O)[N+](CC(C)(C)C)([C@@H]3CCNC[C@@]3(C(C)=O)C(=O)O)c3ccc(Cl)cc32)c2c1OCCO2. The van der Waals surface area contributed by atoms with Crippen molar-refractivity contribution in [2.24, 2.45) is 10.8 Å². The Bertz CT molecular complexity index is 1410. The molecule has 0 radical (unpaired) electrons. The van der Waals surface area contributed by atoms with Gasteiger partial charge < -0.3 is 29.4 Å². The molecule has 3 heterocycles. The van der Waals surface area contributed by atoms with Gasteiger partial charge in [0, 0.05) is 47.1 Å². The molecule has 0 spiro atoms. The summed E-state index contributed by atoms with van der Waals surface area (Å²) in [7, 11) is 1.55. The van der Waals surface area contributed by atoms with E-state index < -0.39 is 34.7 Å². The molecule has 2 N–H and O–H groups in total. The van der Waals surface area contributed by atoms with Gasteiger partial charge in [0.25, 0.3) is 0 Å². The van der Waals surface area contributed by atoms with E-state index >= 15 is 0 Å². The molecule has 2 aromatic carbocycles. The number of benzene rings is 2. The highest BCUT2D eigenvalue weighted by Crippen LogP contribution is 2.52. The smallest absolute Gasteiger partial charge is 0.344 e. The third-order valence-corrected chi connectivity index (χ3v) is 8.77. The molecule has 2 unspecified atom stereocenters. The van der Waals surface area contributed by atoms with Gasteiger partial charge in [0.05, 0.1) is 13.7 Å². The van der Waals surface area contributed by atoms with Crippen molar-refractivity contribution in [3.63, 3.8) is 0 Å². The number of aliphatic carboxylic acids is 1. The number of halogens is 1. The molecule has 1 fully saturated rings. The lowest BCUT2D eigenvalue weighted by Crippen LogP contribution is -2.75. The minimum absolute atomic E-state index is 0.0792. The quantitative estimate of drug-likeness (QED) is 0.372. The van der Waals surface area contributed by atoms with Crippen LogP contribution in [-0.2, 0) is 19.1 Å². The van der Waals surface area contributed by atoms with Gasteiger partial charge in [0.15, 0.2) is 29.3 Å². The summed E-state index contributed by atoms with van der Waals surface area (Å²) in [6.45, 7) is 8.26. The Morgan fingerprint density at radius 3 is 2.50 bits per heavy atom. The van der Waals surface area contributed by atoms with Gasteiger partial charge in [0.2, 0.25) is 5.75 Å². The number of ketones is 1. The van der Waals surface area contributed by atoms with Crippen LogP contribution in [0.3, 0.4) is 0 Å². The molecule has 2 aromatic rings. The molecule has 226 valence electrons. The fourth-order valence-electron chi connectivity index (χ4n) is 6.94. The van der Waals surface area contributed by atoms with Crippen molar-refractivity contribution in [2.45, 2.75) is 46.3 Å². The lowest BCUT2D eigenvalue weighted by atomic mass is 9.70. The summed E-state index contributed by atoms with van der Waals surface area (Å²) in [4.78, 5) is 41.1. The van der Waals surface area contributed by atoms with Crippen molar-refractivity contribution in [3.05, 3.63) is 46.5 Å². The Kier molecular flexibility index (Phi) is 8.04. The maximum absolute atomic E-state index is 14.7. The first-order valence-corrected chi connectivity index (χ1v) is 14.5. The van der Waals surface area contributed by atoms with Gasteiger partial charge in [-0.05, 0) is 31.2 Å². The van der Waals surface area contributed by atoms with Crippen LogP contribution in [0.25, 0.3) is 0 Å². The van der Waals surface area contributed by atoms with Crippen LogP contribution in [0.1, 0.15) is 51.3 Å². The maximum Gasteiger partial charge on any atom is 0.344 e. The van der Waals surface area contributed by atoms with E-state index in [1.165, 1.54) is 6.92 Å². The van der Waals surface area contributed by atoms with Crippen molar-refractivity contribution in [2.75, 3.05) is 46.6 Å². The molecule has 0 saturated carbocycles. The topological polar surface area (TPSA) is 120 Å². The number of hydrogen-bond donors (Lipinski definition) is 2. The number of carboxylic acid groups (broad SMARTS) is 1. The second-order valence-corrected chi connectivity index (χ2v) is 12.8. The van der Waals surface area contributed by atoms with Crippen LogP contribution in [0, 0.1) is 10.8 Å². The number of carboxylic acids is 1. The molecule has 4 atom stereocenters. The van der Waals surface area contributed by atoms with E-state index in [9.17, 15) is 19.5 Å². The number of fused-ring (bicyclic) bond motifs is 2. The predicted octanol–water partition coefficient (Wildman–Crippen LogP) is 4.14. The van der Waals surface area contributed by atoms with Gasteiger partial charge in [-0.1, -0.05) is 32.4 Å². The van der Waals surface area contributed by atoms with E-state index in [1.54, 1.807) is 31.4 Å². The zero-order valence-corrected chi connectivity index (χ0v) is 25.4. The average molecular weight is 602 g/mol. The summed E-state index contributed by atoms with van der Waals surface area (Å²) in [5, 5.41) is 14.2. The molecule has 5 rings (SSSR count). The van der Waals surface area contributed by atoms with Crippen molar-refractivity contribution in [3.8, 4) is 17.2 Å². The lowest BCUT2D eigenvalue weighted by Gasteiger charge is -2.51. The van der Waals surface area contributed by atoms with Crippen LogP contribution in [0.5, 0.6) is 17.2 Å². The summed E-state index contributed by atoms with van der Waals surface area (Å²) in [6.07, 6.45) is -0.516. The van der Waals surface area contributed by atoms with Crippen molar-refractivity contribution in [1.82, 2.24) is 9.80 Å².